The molecular formula is C14H16N6. The van der Waals surface area contributed by atoms with Gasteiger partial charge in [0.15, 0.2) is 5.82 Å². The van der Waals surface area contributed by atoms with Gasteiger partial charge in [-0.3, -0.25) is 4.68 Å². The average molecular weight is 268 g/mol. The van der Waals surface area contributed by atoms with Gasteiger partial charge in [-0.25, -0.2) is 9.67 Å². The molecule has 0 saturated carbocycles. The van der Waals surface area contributed by atoms with Crippen LogP contribution >= 0.6 is 0 Å². The number of benzene rings is 1. The van der Waals surface area contributed by atoms with E-state index in [1.165, 1.54) is 5.56 Å². The van der Waals surface area contributed by atoms with Crippen molar-refractivity contribution in [2.24, 2.45) is 7.05 Å². The van der Waals surface area contributed by atoms with Crippen LogP contribution in [-0.4, -0.2) is 24.5 Å². The van der Waals surface area contributed by atoms with E-state index in [0.29, 0.717) is 6.54 Å². The normalized spacial score (nSPS) is 10.8. The number of hydrogen-bond donors (Lipinski definition) is 1. The smallest absolute Gasteiger partial charge is 0.164 e. The largest absolute Gasteiger partial charge is 0.306 e. The van der Waals surface area contributed by atoms with Crippen LogP contribution in [0.3, 0.4) is 0 Å². The molecular weight excluding hydrogens is 252 g/mol. The summed E-state index contributed by atoms with van der Waals surface area (Å²) in [6.45, 7) is 1.46. The molecule has 0 aliphatic carbocycles. The highest BCUT2D eigenvalue weighted by molar-refractivity contribution is 5.33. The fraction of sp³-hybridized carbons (Fsp3) is 0.214. The summed E-state index contributed by atoms with van der Waals surface area (Å²) in [5, 5.41) is 11.7. The minimum atomic E-state index is 0.668. The van der Waals surface area contributed by atoms with Crippen molar-refractivity contribution in [3.63, 3.8) is 0 Å². The average Bonchev–Trinajstić information content (AvgIpc) is 3.11. The maximum atomic E-state index is 4.22. The lowest BCUT2D eigenvalue weighted by atomic mass is 10.2. The molecule has 2 heterocycles. The maximum Gasteiger partial charge on any atom is 0.164 e. The zero-order valence-corrected chi connectivity index (χ0v) is 11.3. The Morgan fingerprint density at radius 2 is 2.00 bits per heavy atom. The molecule has 0 unspecified atom stereocenters. The van der Waals surface area contributed by atoms with Crippen molar-refractivity contribution >= 4 is 0 Å². The lowest BCUT2D eigenvalue weighted by Crippen LogP contribution is -2.14. The quantitative estimate of drug-likeness (QED) is 0.757. The van der Waals surface area contributed by atoms with Crippen molar-refractivity contribution in [1.82, 2.24) is 29.9 Å². The van der Waals surface area contributed by atoms with Crippen LogP contribution in [0.1, 0.15) is 11.4 Å². The first-order valence-electron chi connectivity index (χ1n) is 6.45. The number of aryl methyl sites for hydroxylation is 1. The van der Waals surface area contributed by atoms with Gasteiger partial charge < -0.3 is 5.32 Å². The van der Waals surface area contributed by atoms with Gasteiger partial charge in [-0.15, -0.1) is 0 Å². The summed E-state index contributed by atoms with van der Waals surface area (Å²) in [5.41, 5.74) is 2.28. The second-order valence-electron chi connectivity index (χ2n) is 4.56. The van der Waals surface area contributed by atoms with E-state index in [2.05, 4.69) is 44.8 Å². The molecule has 6 heteroatoms. The predicted molar refractivity (Wildman–Crippen MR) is 75.1 cm³/mol. The van der Waals surface area contributed by atoms with Crippen molar-refractivity contribution in [3.8, 4) is 5.69 Å². The molecule has 0 radical (unpaired) electrons. The van der Waals surface area contributed by atoms with E-state index in [9.17, 15) is 0 Å². The van der Waals surface area contributed by atoms with Gasteiger partial charge in [0.05, 0.1) is 12.2 Å². The molecule has 3 rings (SSSR count). The third-order valence-electron chi connectivity index (χ3n) is 2.96. The van der Waals surface area contributed by atoms with Gasteiger partial charge in [0, 0.05) is 26.0 Å². The molecule has 0 amide bonds. The van der Waals surface area contributed by atoms with Gasteiger partial charge >= 0.3 is 0 Å². The molecule has 102 valence electrons. The molecule has 3 aromatic rings. The number of rotatable bonds is 5. The Hall–Kier alpha value is -2.47. The fourth-order valence-electron chi connectivity index (χ4n) is 1.97. The number of aromatic nitrogens is 5. The van der Waals surface area contributed by atoms with Crippen LogP contribution in [-0.2, 0) is 20.1 Å². The first-order valence-corrected chi connectivity index (χ1v) is 6.45. The highest BCUT2D eigenvalue weighted by atomic mass is 15.3. The van der Waals surface area contributed by atoms with E-state index < -0.39 is 0 Å². The molecule has 0 aliphatic heterocycles. The first kappa shape index (κ1) is 12.6. The molecule has 0 spiro atoms. The van der Waals surface area contributed by atoms with E-state index in [0.717, 1.165) is 18.1 Å². The molecule has 0 saturated heterocycles. The summed E-state index contributed by atoms with van der Waals surface area (Å²) in [7, 11) is 1.87. The minimum absolute atomic E-state index is 0.668. The summed E-state index contributed by atoms with van der Waals surface area (Å²) in [6, 6.07) is 10.2. The van der Waals surface area contributed by atoms with Gasteiger partial charge in [0.25, 0.3) is 0 Å². The lowest BCUT2D eigenvalue weighted by molar-refractivity contribution is 0.649. The summed E-state index contributed by atoms with van der Waals surface area (Å²) in [4.78, 5) is 4.17. The highest BCUT2D eigenvalue weighted by Crippen LogP contribution is 2.08. The highest BCUT2D eigenvalue weighted by Gasteiger charge is 2.00. The molecule has 1 N–H and O–H groups in total. The maximum absolute atomic E-state index is 4.22. The topological polar surface area (TPSA) is 60.6 Å². The predicted octanol–water partition coefficient (Wildman–Crippen LogP) is 1.29. The van der Waals surface area contributed by atoms with Crippen molar-refractivity contribution in [2.45, 2.75) is 13.1 Å². The Kier molecular flexibility index (Phi) is 3.56. The monoisotopic (exact) mass is 268 g/mol. The van der Waals surface area contributed by atoms with Crippen molar-refractivity contribution in [3.05, 3.63) is 60.4 Å². The molecule has 2 aromatic heterocycles. The zero-order valence-electron chi connectivity index (χ0n) is 11.3. The number of nitrogens with zero attached hydrogens (tertiary/aromatic N) is 5. The third-order valence-corrected chi connectivity index (χ3v) is 2.96. The third kappa shape index (κ3) is 2.92. The summed E-state index contributed by atoms with van der Waals surface area (Å²) in [6.07, 6.45) is 5.41. The molecule has 0 atom stereocenters. The van der Waals surface area contributed by atoms with Crippen LogP contribution in [0.4, 0.5) is 0 Å². The van der Waals surface area contributed by atoms with Crippen LogP contribution in [0.2, 0.25) is 0 Å². The summed E-state index contributed by atoms with van der Waals surface area (Å²) >= 11 is 0. The van der Waals surface area contributed by atoms with Crippen molar-refractivity contribution in [2.75, 3.05) is 0 Å². The number of nitrogens with one attached hydrogen (secondary N) is 1. The molecule has 0 fully saturated rings. The van der Waals surface area contributed by atoms with Crippen LogP contribution in [0.15, 0.2) is 49.1 Å². The van der Waals surface area contributed by atoms with E-state index in [1.807, 2.05) is 24.0 Å². The molecule has 0 aliphatic rings. The van der Waals surface area contributed by atoms with Gasteiger partial charge in [-0.2, -0.15) is 10.2 Å². The van der Waals surface area contributed by atoms with Gasteiger partial charge in [0.1, 0.15) is 6.33 Å². The van der Waals surface area contributed by atoms with Crippen LogP contribution in [0.25, 0.3) is 5.69 Å². The SMILES string of the molecule is Cn1cnc(CNCc2ccc(-n3cccn3)cc2)n1. The number of hydrogen-bond acceptors (Lipinski definition) is 4. The Morgan fingerprint density at radius 1 is 1.15 bits per heavy atom. The van der Waals surface area contributed by atoms with Crippen molar-refractivity contribution in [1.29, 1.82) is 0 Å². The van der Waals surface area contributed by atoms with E-state index >= 15 is 0 Å². The fourth-order valence-corrected chi connectivity index (χ4v) is 1.97. The second kappa shape index (κ2) is 5.66. The lowest BCUT2D eigenvalue weighted by Gasteiger charge is -2.05. The Balaban J connectivity index is 1.56. The first-order chi connectivity index (χ1) is 9.81. The van der Waals surface area contributed by atoms with E-state index in [1.54, 1.807) is 17.2 Å². The van der Waals surface area contributed by atoms with Crippen LogP contribution in [0.5, 0.6) is 0 Å². The van der Waals surface area contributed by atoms with E-state index in [4.69, 9.17) is 0 Å². The zero-order chi connectivity index (χ0) is 13.8. The van der Waals surface area contributed by atoms with Gasteiger partial charge in [0.2, 0.25) is 0 Å². The second-order valence-corrected chi connectivity index (χ2v) is 4.56. The standard InChI is InChI=1S/C14H16N6/c1-19-11-16-14(18-19)10-15-9-12-3-5-13(6-4-12)20-8-2-7-17-20/h2-8,11,15H,9-10H2,1H3. The van der Waals surface area contributed by atoms with Crippen LogP contribution < -0.4 is 5.32 Å². The van der Waals surface area contributed by atoms with Gasteiger partial charge in [-0.1, -0.05) is 12.1 Å². The molecule has 6 nitrogen and oxygen atoms in total. The molecule has 0 bridgehead atoms. The van der Waals surface area contributed by atoms with Crippen molar-refractivity contribution < 1.29 is 0 Å². The summed E-state index contributed by atoms with van der Waals surface area (Å²) < 4.78 is 3.55. The van der Waals surface area contributed by atoms with Gasteiger partial charge in [-0.05, 0) is 23.8 Å². The minimum Gasteiger partial charge on any atom is -0.306 e. The Morgan fingerprint density at radius 3 is 2.65 bits per heavy atom. The Bertz CT molecular complexity index is 653. The molecule has 20 heavy (non-hydrogen) atoms. The van der Waals surface area contributed by atoms with Crippen LogP contribution in [0, 0.1) is 0 Å². The van der Waals surface area contributed by atoms with E-state index in [-0.39, 0.29) is 0 Å². The summed E-state index contributed by atoms with van der Waals surface area (Å²) in [5.74, 6) is 0.806. The Labute approximate surface area is 117 Å². The molecule has 1 aromatic carbocycles.